The Morgan fingerprint density at radius 2 is 2.28 bits per heavy atom. The van der Waals surface area contributed by atoms with Crippen molar-refractivity contribution in [2.45, 2.75) is 19.4 Å². The minimum atomic E-state index is -0.672. The molecular weight excluding hydrogens is 240 g/mol. The summed E-state index contributed by atoms with van der Waals surface area (Å²) in [4.78, 5) is 5.73. The average molecular weight is 257 g/mol. The van der Waals surface area contributed by atoms with Gasteiger partial charge in [-0.2, -0.15) is 0 Å². The van der Waals surface area contributed by atoms with E-state index in [0.29, 0.717) is 19.8 Å². The predicted octanol–water partition coefficient (Wildman–Crippen LogP) is 2.02. The molecule has 1 unspecified atom stereocenters. The Kier molecular flexibility index (Phi) is 3.96. The summed E-state index contributed by atoms with van der Waals surface area (Å²) >= 11 is 0. The Bertz CT molecular complexity index is 422. The molecule has 1 fully saturated rings. The Hall–Kier alpha value is -1.43. The first-order valence-electron chi connectivity index (χ1n) is 6.04. The molecule has 1 N–H and O–H groups in total. The van der Waals surface area contributed by atoms with Crippen LogP contribution < -0.4 is 10.2 Å². The van der Waals surface area contributed by atoms with Gasteiger partial charge >= 0.3 is 0 Å². The van der Waals surface area contributed by atoms with Crippen LogP contribution in [0.4, 0.5) is 20.4 Å². The first kappa shape index (κ1) is 13.0. The summed E-state index contributed by atoms with van der Waals surface area (Å²) in [5.41, 5.74) is 0. The van der Waals surface area contributed by atoms with Crippen molar-refractivity contribution in [3.8, 4) is 0 Å². The van der Waals surface area contributed by atoms with E-state index in [0.717, 1.165) is 12.5 Å². The standard InChI is InChI=1S/C12H17F2N3O/c1-3-15-11-9(13)6-10(14)12(16-11)17(2)8-4-5-18-7-8/h6,8H,3-5,7H2,1-2H3,(H,15,16). The van der Waals surface area contributed by atoms with Crippen LogP contribution in [0.3, 0.4) is 0 Å². The molecule has 0 saturated carbocycles. The van der Waals surface area contributed by atoms with Gasteiger partial charge in [-0.3, -0.25) is 0 Å². The molecule has 1 aliphatic rings. The monoisotopic (exact) mass is 257 g/mol. The summed E-state index contributed by atoms with van der Waals surface area (Å²) in [5, 5.41) is 2.78. The molecule has 100 valence electrons. The lowest BCUT2D eigenvalue weighted by Crippen LogP contribution is -2.33. The van der Waals surface area contributed by atoms with Gasteiger partial charge in [-0.15, -0.1) is 0 Å². The molecule has 2 rings (SSSR count). The van der Waals surface area contributed by atoms with Crippen molar-refractivity contribution in [2.24, 2.45) is 0 Å². The molecule has 1 aliphatic heterocycles. The van der Waals surface area contributed by atoms with E-state index in [-0.39, 0.29) is 17.7 Å². The van der Waals surface area contributed by atoms with Crippen molar-refractivity contribution in [1.29, 1.82) is 0 Å². The van der Waals surface area contributed by atoms with Crippen LogP contribution in [0.2, 0.25) is 0 Å². The number of ether oxygens (including phenoxy) is 1. The molecule has 6 heteroatoms. The molecule has 1 aromatic heterocycles. The fourth-order valence-electron chi connectivity index (χ4n) is 2.00. The van der Waals surface area contributed by atoms with Crippen molar-refractivity contribution < 1.29 is 13.5 Å². The van der Waals surface area contributed by atoms with Gasteiger partial charge < -0.3 is 15.0 Å². The van der Waals surface area contributed by atoms with Gasteiger partial charge in [0.15, 0.2) is 23.3 Å². The normalized spacial score (nSPS) is 19.0. The van der Waals surface area contributed by atoms with Crippen LogP contribution in [-0.2, 0) is 4.74 Å². The van der Waals surface area contributed by atoms with E-state index >= 15 is 0 Å². The molecule has 4 nitrogen and oxygen atoms in total. The van der Waals surface area contributed by atoms with Crippen LogP contribution >= 0.6 is 0 Å². The smallest absolute Gasteiger partial charge is 0.168 e. The highest BCUT2D eigenvalue weighted by molar-refractivity contribution is 5.49. The fourth-order valence-corrected chi connectivity index (χ4v) is 2.00. The van der Waals surface area contributed by atoms with Gasteiger partial charge in [0.1, 0.15) is 0 Å². The molecular formula is C12H17F2N3O. The molecule has 0 spiro atoms. The van der Waals surface area contributed by atoms with Crippen LogP contribution in [-0.4, -0.2) is 37.8 Å². The summed E-state index contributed by atoms with van der Waals surface area (Å²) in [6.07, 6.45) is 0.825. The number of nitrogens with zero attached hydrogens (tertiary/aromatic N) is 2. The maximum Gasteiger partial charge on any atom is 0.168 e. The molecule has 0 aliphatic carbocycles. The highest BCUT2D eigenvalue weighted by Gasteiger charge is 2.24. The third-order valence-corrected chi connectivity index (χ3v) is 3.04. The lowest BCUT2D eigenvalue weighted by molar-refractivity contribution is 0.193. The first-order valence-corrected chi connectivity index (χ1v) is 6.04. The van der Waals surface area contributed by atoms with Gasteiger partial charge in [0.05, 0.1) is 12.6 Å². The van der Waals surface area contributed by atoms with Crippen LogP contribution in [0.25, 0.3) is 0 Å². The summed E-state index contributed by atoms with van der Waals surface area (Å²) in [6.45, 7) is 3.58. The summed E-state index contributed by atoms with van der Waals surface area (Å²) in [6, 6.07) is 0.957. The number of anilines is 2. The quantitative estimate of drug-likeness (QED) is 0.895. The maximum absolute atomic E-state index is 13.8. The third kappa shape index (κ3) is 2.53. The third-order valence-electron chi connectivity index (χ3n) is 3.04. The second-order valence-corrected chi connectivity index (χ2v) is 4.28. The lowest BCUT2D eigenvalue weighted by Gasteiger charge is -2.25. The largest absolute Gasteiger partial charge is 0.379 e. The minimum Gasteiger partial charge on any atom is -0.379 e. The molecule has 0 radical (unpaired) electrons. The molecule has 0 aromatic carbocycles. The van der Waals surface area contributed by atoms with E-state index in [2.05, 4.69) is 10.3 Å². The summed E-state index contributed by atoms with van der Waals surface area (Å²) < 4.78 is 32.5. The van der Waals surface area contributed by atoms with Crippen LogP contribution in [0.15, 0.2) is 6.07 Å². The van der Waals surface area contributed by atoms with E-state index in [1.165, 1.54) is 0 Å². The highest BCUT2D eigenvalue weighted by atomic mass is 19.1. The van der Waals surface area contributed by atoms with Crippen molar-refractivity contribution in [3.05, 3.63) is 17.7 Å². The molecule has 1 saturated heterocycles. The van der Waals surface area contributed by atoms with Crippen LogP contribution in [0.5, 0.6) is 0 Å². The van der Waals surface area contributed by atoms with E-state index in [4.69, 9.17) is 4.74 Å². The lowest BCUT2D eigenvalue weighted by atomic mass is 10.2. The van der Waals surface area contributed by atoms with E-state index in [1.54, 1.807) is 11.9 Å². The van der Waals surface area contributed by atoms with Crippen molar-refractivity contribution in [3.63, 3.8) is 0 Å². The number of aromatic nitrogens is 1. The second-order valence-electron chi connectivity index (χ2n) is 4.28. The number of rotatable bonds is 4. The summed E-state index contributed by atoms with van der Waals surface area (Å²) in [7, 11) is 1.75. The number of nitrogens with one attached hydrogen (secondary N) is 1. The second kappa shape index (κ2) is 5.48. The number of hydrogen-bond donors (Lipinski definition) is 1. The van der Waals surface area contributed by atoms with Crippen molar-refractivity contribution in [2.75, 3.05) is 37.0 Å². The van der Waals surface area contributed by atoms with E-state index in [9.17, 15) is 8.78 Å². The Labute approximate surface area is 105 Å². The van der Waals surface area contributed by atoms with Gasteiger partial charge in [0.25, 0.3) is 0 Å². The minimum absolute atomic E-state index is 0.0830. The van der Waals surface area contributed by atoms with Crippen LogP contribution in [0.1, 0.15) is 13.3 Å². The van der Waals surface area contributed by atoms with Crippen molar-refractivity contribution >= 4 is 11.6 Å². The molecule has 0 bridgehead atoms. The van der Waals surface area contributed by atoms with Crippen LogP contribution in [0, 0.1) is 11.6 Å². The summed E-state index contributed by atoms with van der Waals surface area (Å²) in [5.74, 6) is -1.08. The van der Waals surface area contributed by atoms with Gasteiger partial charge in [0.2, 0.25) is 0 Å². The fraction of sp³-hybridized carbons (Fsp3) is 0.583. The van der Waals surface area contributed by atoms with E-state index in [1.807, 2.05) is 6.92 Å². The number of halogens is 2. The molecule has 18 heavy (non-hydrogen) atoms. The van der Waals surface area contributed by atoms with Gasteiger partial charge in [-0.05, 0) is 13.3 Å². The zero-order valence-electron chi connectivity index (χ0n) is 10.5. The Balaban J connectivity index is 2.27. The number of likely N-dealkylation sites (N-methyl/N-ethyl adjacent to an activating group) is 1. The average Bonchev–Trinajstić information content (AvgIpc) is 2.85. The maximum atomic E-state index is 13.8. The van der Waals surface area contributed by atoms with E-state index < -0.39 is 11.6 Å². The highest BCUT2D eigenvalue weighted by Crippen LogP contribution is 2.25. The topological polar surface area (TPSA) is 37.4 Å². The molecule has 2 heterocycles. The predicted molar refractivity (Wildman–Crippen MR) is 65.9 cm³/mol. The number of hydrogen-bond acceptors (Lipinski definition) is 4. The molecule has 1 aromatic rings. The molecule has 0 amide bonds. The SMILES string of the molecule is CCNc1nc(N(C)C2CCOC2)c(F)cc1F. The Morgan fingerprint density at radius 1 is 1.50 bits per heavy atom. The first-order chi connectivity index (χ1) is 8.63. The number of pyridine rings is 1. The van der Waals surface area contributed by atoms with Gasteiger partial charge in [0, 0.05) is 26.3 Å². The Morgan fingerprint density at radius 3 is 2.89 bits per heavy atom. The van der Waals surface area contributed by atoms with Gasteiger partial charge in [-0.25, -0.2) is 13.8 Å². The zero-order valence-corrected chi connectivity index (χ0v) is 10.5. The van der Waals surface area contributed by atoms with Gasteiger partial charge in [-0.1, -0.05) is 0 Å². The van der Waals surface area contributed by atoms with Crippen molar-refractivity contribution in [1.82, 2.24) is 4.98 Å². The molecule has 1 atom stereocenters. The zero-order chi connectivity index (χ0) is 13.1.